The molecular weight excluding hydrogens is 266 g/mol. The Morgan fingerprint density at radius 3 is 2.57 bits per heavy atom. The van der Waals surface area contributed by atoms with Crippen LogP contribution in [0, 0.1) is 5.92 Å². The molecule has 0 aromatic heterocycles. The van der Waals surface area contributed by atoms with Crippen LogP contribution < -0.4 is 4.74 Å². The van der Waals surface area contributed by atoms with Crippen molar-refractivity contribution in [2.24, 2.45) is 5.92 Å². The van der Waals surface area contributed by atoms with Crippen molar-refractivity contribution in [2.75, 3.05) is 6.61 Å². The standard InChI is InChI=1S/C17H23NO3/c1-12(2)13(3)18(15-8-9-15)17(20)11-21-16-7-5-4-6-14(16)10-19/h4-7,10,12-13,15H,8-9,11H2,1-3H3. The second-order valence-corrected chi connectivity index (χ2v) is 5.96. The van der Waals surface area contributed by atoms with Crippen LogP contribution in [0.2, 0.25) is 0 Å². The fraction of sp³-hybridized carbons (Fsp3) is 0.529. The Balaban J connectivity index is 2.01. The Kier molecular flexibility index (Phi) is 4.99. The first kappa shape index (κ1) is 15.5. The minimum Gasteiger partial charge on any atom is -0.483 e. The topological polar surface area (TPSA) is 46.6 Å². The first-order valence-electron chi connectivity index (χ1n) is 7.52. The maximum Gasteiger partial charge on any atom is 0.261 e. The van der Waals surface area contributed by atoms with E-state index in [1.807, 2.05) is 4.90 Å². The van der Waals surface area contributed by atoms with Gasteiger partial charge in [-0.15, -0.1) is 0 Å². The van der Waals surface area contributed by atoms with Gasteiger partial charge in [-0.25, -0.2) is 0 Å². The SMILES string of the molecule is CC(C)C(C)N(C(=O)COc1ccccc1C=O)C1CC1. The molecule has 1 fully saturated rings. The van der Waals surface area contributed by atoms with E-state index < -0.39 is 0 Å². The van der Waals surface area contributed by atoms with Gasteiger partial charge in [-0.2, -0.15) is 0 Å². The van der Waals surface area contributed by atoms with E-state index >= 15 is 0 Å². The van der Waals surface area contributed by atoms with Crippen molar-refractivity contribution in [2.45, 2.75) is 45.7 Å². The molecule has 1 aromatic carbocycles. The predicted molar refractivity (Wildman–Crippen MR) is 81.5 cm³/mol. The molecule has 114 valence electrons. The smallest absolute Gasteiger partial charge is 0.261 e. The highest BCUT2D eigenvalue weighted by molar-refractivity contribution is 5.81. The second kappa shape index (κ2) is 6.74. The third kappa shape index (κ3) is 3.84. The van der Waals surface area contributed by atoms with Crippen molar-refractivity contribution in [1.82, 2.24) is 4.90 Å². The highest BCUT2D eigenvalue weighted by atomic mass is 16.5. The van der Waals surface area contributed by atoms with Gasteiger partial charge in [-0.3, -0.25) is 9.59 Å². The molecule has 0 spiro atoms. The van der Waals surface area contributed by atoms with Gasteiger partial charge in [0.15, 0.2) is 12.9 Å². The van der Waals surface area contributed by atoms with Crippen LogP contribution in [0.25, 0.3) is 0 Å². The molecule has 0 radical (unpaired) electrons. The number of hydrogen-bond donors (Lipinski definition) is 0. The summed E-state index contributed by atoms with van der Waals surface area (Å²) in [6, 6.07) is 7.53. The Bertz CT molecular complexity index is 509. The zero-order valence-corrected chi connectivity index (χ0v) is 12.9. The van der Waals surface area contributed by atoms with Crippen LogP contribution >= 0.6 is 0 Å². The summed E-state index contributed by atoms with van der Waals surface area (Å²) >= 11 is 0. The molecule has 1 aliphatic carbocycles. The third-order valence-electron chi connectivity index (χ3n) is 4.03. The Morgan fingerprint density at radius 1 is 1.33 bits per heavy atom. The van der Waals surface area contributed by atoms with Crippen molar-refractivity contribution in [3.63, 3.8) is 0 Å². The van der Waals surface area contributed by atoms with Crippen LogP contribution in [0.15, 0.2) is 24.3 Å². The number of hydrogen-bond acceptors (Lipinski definition) is 3. The lowest BCUT2D eigenvalue weighted by Gasteiger charge is -2.32. The quantitative estimate of drug-likeness (QED) is 0.725. The zero-order chi connectivity index (χ0) is 15.4. The molecule has 1 atom stereocenters. The molecule has 0 aliphatic heterocycles. The maximum atomic E-state index is 12.5. The minimum absolute atomic E-state index is 0.000554. The average Bonchev–Trinajstić information content (AvgIpc) is 3.30. The first-order chi connectivity index (χ1) is 10.0. The molecule has 0 saturated heterocycles. The van der Waals surface area contributed by atoms with Crippen LogP contribution in [0.3, 0.4) is 0 Å². The van der Waals surface area contributed by atoms with Crippen molar-refractivity contribution < 1.29 is 14.3 Å². The zero-order valence-electron chi connectivity index (χ0n) is 12.9. The predicted octanol–water partition coefficient (Wildman–Crippen LogP) is 2.91. The van der Waals surface area contributed by atoms with Gasteiger partial charge >= 0.3 is 0 Å². The minimum atomic E-state index is -0.0155. The molecule has 4 heteroatoms. The molecule has 0 heterocycles. The van der Waals surface area contributed by atoms with E-state index in [2.05, 4.69) is 20.8 Å². The van der Waals surface area contributed by atoms with Gasteiger partial charge in [0.1, 0.15) is 5.75 Å². The van der Waals surface area contributed by atoms with E-state index in [4.69, 9.17) is 4.74 Å². The van der Waals surface area contributed by atoms with E-state index in [-0.39, 0.29) is 18.6 Å². The number of nitrogens with zero attached hydrogens (tertiary/aromatic N) is 1. The normalized spacial score (nSPS) is 15.6. The number of carbonyl (C=O) groups excluding carboxylic acids is 2. The summed E-state index contributed by atoms with van der Waals surface area (Å²) in [7, 11) is 0. The summed E-state index contributed by atoms with van der Waals surface area (Å²) in [6.07, 6.45) is 2.90. The summed E-state index contributed by atoms with van der Waals surface area (Å²) in [5.74, 6) is 0.880. The molecule has 1 aliphatic rings. The molecule has 1 saturated carbocycles. The van der Waals surface area contributed by atoms with Gasteiger partial charge in [-0.05, 0) is 37.8 Å². The van der Waals surface area contributed by atoms with Crippen molar-refractivity contribution in [3.8, 4) is 5.75 Å². The average molecular weight is 289 g/mol. The lowest BCUT2D eigenvalue weighted by Crippen LogP contribution is -2.45. The lowest BCUT2D eigenvalue weighted by molar-refractivity contribution is -0.137. The van der Waals surface area contributed by atoms with Crippen LogP contribution in [-0.2, 0) is 4.79 Å². The van der Waals surface area contributed by atoms with E-state index in [0.29, 0.717) is 23.3 Å². The molecule has 1 amide bonds. The van der Waals surface area contributed by atoms with E-state index in [9.17, 15) is 9.59 Å². The summed E-state index contributed by atoms with van der Waals surface area (Å²) in [5.41, 5.74) is 0.472. The van der Waals surface area contributed by atoms with Gasteiger partial charge < -0.3 is 9.64 Å². The van der Waals surface area contributed by atoms with Crippen LogP contribution in [0.4, 0.5) is 0 Å². The van der Waals surface area contributed by atoms with Gasteiger partial charge in [0, 0.05) is 12.1 Å². The summed E-state index contributed by atoms with van der Waals surface area (Å²) in [6.45, 7) is 6.31. The fourth-order valence-electron chi connectivity index (χ4n) is 2.36. The summed E-state index contributed by atoms with van der Waals surface area (Å²) < 4.78 is 5.56. The van der Waals surface area contributed by atoms with Gasteiger partial charge in [-0.1, -0.05) is 26.0 Å². The molecule has 0 N–H and O–H groups in total. The highest BCUT2D eigenvalue weighted by Gasteiger charge is 2.36. The molecular formula is C17H23NO3. The summed E-state index contributed by atoms with van der Waals surface area (Å²) in [5, 5.41) is 0. The van der Waals surface area contributed by atoms with Gasteiger partial charge in [0.25, 0.3) is 5.91 Å². The molecule has 2 rings (SSSR count). The van der Waals surface area contributed by atoms with Crippen LogP contribution in [0.5, 0.6) is 5.75 Å². The third-order valence-corrected chi connectivity index (χ3v) is 4.03. The van der Waals surface area contributed by atoms with E-state index in [0.717, 1.165) is 19.1 Å². The largest absolute Gasteiger partial charge is 0.483 e. The number of aldehydes is 1. The maximum absolute atomic E-state index is 12.5. The second-order valence-electron chi connectivity index (χ2n) is 5.96. The number of benzene rings is 1. The monoisotopic (exact) mass is 289 g/mol. The van der Waals surface area contributed by atoms with Crippen molar-refractivity contribution in [1.29, 1.82) is 0 Å². The highest BCUT2D eigenvalue weighted by Crippen LogP contribution is 2.30. The van der Waals surface area contributed by atoms with Gasteiger partial charge in [0.05, 0.1) is 5.56 Å². The number of amides is 1. The number of rotatable bonds is 7. The van der Waals surface area contributed by atoms with E-state index in [1.165, 1.54) is 0 Å². The molecule has 1 aromatic rings. The van der Waals surface area contributed by atoms with Gasteiger partial charge in [0.2, 0.25) is 0 Å². The fourth-order valence-corrected chi connectivity index (χ4v) is 2.36. The Hall–Kier alpha value is -1.84. The van der Waals surface area contributed by atoms with Crippen LogP contribution in [0.1, 0.15) is 44.0 Å². The number of ether oxygens (including phenoxy) is 1. The Labute approximate surface area is 126 Å². The molecule has 21 heavy (non-hydrogen) atoms. The molecule has 1 unspecified atom stereocenters. The summed E-state index contributed by atoms with van der Waals surface area (Å²) in [4.78, 5) is 25.4. The van der Waals surface area contributed by atoms with Crippen molar-refractivity contribution in [3.05, 3.63) is 29.8 Å². The molecule has 0 bridgehead atoms. The lowest BCUT2D eigenvalue weighted by atomic mass is 10.0. The Morgan fingerprint density at radius 2 is 2.00 bits per heavy atom. The number of para-hydroxylation sites is 1. The van der Waals surface area contributed by atoms with E-state index in [1.54, 1.807) is 24.3 Å². The van der Waals surface area contributed by atoms with Crippen molar-refractivity contribution >= 4 is 12.2 Å². The molecule has 4 nitrogen and oxygen atoms in total. The first-order valence-corrected chi connectivity index (χ1v) is 7.52. The van der Waals surface area contributed by atoms with Crippen LogP contribution in [-0.4, -0.2) is 35.8 Å². The number of carbonyl (C=O) groups is 2.